The molecular formula is C11H12N2OS. The molecule has 0 unspecified atom stereocenters. The predicted octanol–water partition coefficient (Wildman–Crippen LogP) is 2.21. The van der Waals surface area contributed by atoms with E-state index in [-0.39, 0.29) is 5.56 Å². The van der Waals surface area contributed by atoms with Crippen molar-refractivity contribution < 1.29 is 0 Å². The first-order valence-electron chi connectivity index (χ1n) is 4.71. The summed E-state index contributed by atoms with van der Waals surface area (Å²) in [4.78, 5) is 15.0. The minimum absolute atomic E-state index is 0.0359. The molecule has 0 atom stereocenters. The maximum Gasteiger partial charge on any atom is 0.262 e. The van der Waals surface area contributed by atoms with Crippen molar-refractivity contribution in [2.24, 2.45) is 7.05 Å². The Hall–Kier alpha value is -1.42. The fraction of sp³-hybridized carbons (Fsp3) is 0.273. The van der Waals surface area contributed by atoms with Crippen LogP contribution in [0.25, 0.3) is 10.9 Å². The summed E-state index contributed by atoms with van der Waals surface area (Å²) in [5.41, 5.74) is 2.89. The van der Waals surface area contributed by atoms with Crippen molar-refractivity contribution in [3.05, 3.63) is 38.4 Å². The molecule has 0 saturated heterocycles. The number of benzene rings is 1. The summed E-state index contributed by atoms with van der Waals surface area (Å²) in [5.74, 6) is 0. The second-order valence-corrected chi connectivity index (χ2v) is 4.19. The summed E-state index contributed by atoms with van der Waals surface area (Å²) in [6, 6.07) is 3.94. The molecule has 0 bridgehead atoms. The van der Waals surface area contributed by atoms with Crippen molar-refractivity contribution in [3.8, 4) is 0 Å². The average molecular weight is 220 g/mol. The molecule has 0 spiro atoms. The number of H-pyrrole nitrogens is 1. The van der Waals surface area contributed by atoms with Crippen molar-refractivity contribution >= 4 is 23.1 Å². The lowest BCUT2D eigenvalue weighted by molar-refractivity contribution is 0.823. The molecule has 0 amide bonds. The summed E-state index contributed by atoms with van der Waals surface area (Å²) >= 11 is 5.06. The molecule has 0 saturated carbocycles. The monoisotopic (exact) mass is 220 g/mol. The van der Waals surface area contributed by atoms with Crippen molar-refractivity contribution in [2.45, 2.75) is 13.8 Å². The lowest BCUT2D eigenvalue weighted by Crippen LogP contribution is -2.19. The third kappa shape index (κ3) is 1.51. The minimum atomic E-state index is -0.0359. The van der Waals surface area contributed by atoms with Gasteiger partial charge in [0.05, 0.1) is 10.9 Å². The summed E-state index contributed by atoms with van der Waals surface area (Å²) in [6.45, 7) is 3.94. The maximum atomic E-state index is 12.0. The van der Waals surface area contributed by atoms with Gasteiger partial charge in [-0.3, -0.25) is 9.36 Å². The Kier molecular flexibility index (Phi) is 2.23. The first-order chi connectivity index (χ1) is 7.00. The maximum absolute atomic E-state index is 12.0. The molecular weight excluding hydrogens is 208 g/mol. The number of nitrogens with zero attached hydrogens (tertiary/aromatic N) is 1. The highest BCUT2D eigenvalue weighted by atomic mass is 32.1. The standard InChI is InChI=1S/C11H12N2OS/c1-6-4-7(2)9-8(5-6)12-11(15)13(3)10(9)14/h4-5H,1-3H3,(H,12,15). The van der Waals surface area contributed by atoms with Gasteiger partial charge in [-0.05, 0) is 43.3 Å². The Labute approximate surface area is 92.4 Å². The van der Waals surface area contributed by atoms with E-state index in [1.54, 1.807) is 7.05 Å². The Morgan fingerprint density at radius 2 is 2.00 bits per heavy atom. The van der Waals surface area contributed by atoms with E-state index in [2.05, 4.69) is 4.98 Å². The van der Waals surface area contributed by atoms with Gasteiger partial charge in [-0.15, -0.1) is 0 Å². The molecule has 1 aromatic carbocycles. The van der Waals surface area contributed by atoms with E-state index < -0.39 is 0 Å². The van der Waals surface area contributed by atoms with Gasteiger partial charge in [-0.2, -0.15) is 0 Å². The number of hydrogen-bond donors (Lipinski definition) is 1. The van der Waals surface area contributed by atoms with Gasteiger partial charge in [-0.1, -0.05) is 6.07 Å². The van der Waals surface area contributed by atoms with Crippen molar-refractivity contribution in [1.29, 1.82) is 0 Å². The van der Waals surface area contributed by atoms with Crippen LogP contribution in [0.2, 0.25) is 0 Å². The van der Waals surface area contributed by atoms with Gasteiger partial charge < -0.3 is 4.98 Å². The molecule has 2 rings (SSSR count). The highest BCUT2D eigenvalue weighted by Gasteiger charge is 2.05. The molecule has 3 nitrogen and oxygen atoms in total. The summed E-state index contributed by atoms with van der Waals surface area (Å²) < 4.78 is 1.91. The Balaban J connectivity index is 3.13. The molecule has 2 aromatic rings. The van der Waals surface area contributed by atoms with E-state index in [0.717, 1.165) is 22.0 Å². The largest absolute Gasteiger partial charge is 0.332 e. The van der Waals surface area contributed by atoms with Crippen LogP contribution >= 0.6 is 12.2 Å². The van der Waals surface area contributed by atoms with Crippen LogP contribution in [0.5, 0.6) is 0 Å². The third-order valence-corrected chi connectivity index (χ3v) is 2.92. The van der Waals surface area contributed by atoms with Crippen LogP contribution in [0, 0.1) is 18.6 Å². The van der Waals surface area contributed by atoms with Crippen LogP contribution in [0.4, 0.5) is 0 Å². The van der Waals surface area contributed by atoms with Gasteiger partial charge in [0.15, 0.2) is 4.77 Å². The van der Waals surface area contributed by atoms with Gasteiger partial charge in [0.25, 0.3) is 5.56 Å². The first kappa shape index (κ1) is 10.1. The average Bonchev–Trinajstić information content (AvgIpc) is 2.13. The van der Waals surface area contributed by atoms with Crippen molar-refractivity contribution in [1.82, 2.24) is 9.55 Å². The van der Waals surface area contributed by atoms with Gasteiger partial charge >= 0.3 is 0 Å². The number of nitrogens with one attached hydrogen (secondary N) is 1. The molecule has 0 aliphatic rings. The molecule has 0 radical (unpaired) electrons. The molecule has 0 fully saturated rings. The quantitative estimate of drug-likeness (QED) is 0.691. The van der Waals surface area contributed by atoms with Crippen LogP contribution in [-0.4, -0.2) is 9.55 Å². The van der Waals surface area contributed by atoms with Gasteiger partial charge in [0, 0.05) is 7.05 Å². The van der Waals surface area contributed by atoms with Gasteiger partial charge in [-0.25, -0.2) is 0 Å². The molecule has 4 heteroatoms. The fourth-order valence-electron chi connectivity index (χ4n) is 1.81. The van der Waals surface area contributed by atoms with Crippen LogP contribution in [0.1, 0.15) is 11.1 Å². The van der Waals surface area contributed by atoms with E-state index in [1.165, 1.54) is 4.57 Å². The van der Waals surface area contributed by atoms with Crippen LogP contribution in [0.3, 0.4) is 0 Å². The fourth-order valence-corrected chi connectivity index (χ4v) is 2.00. The Morgan fingerprint density at radius 3 is 2.67 bits per heavy atom. The number of aromatic amines is 1. The van der Waals surface area contributed by atoms with Crippen LogP contribution in [-0.2, 0) is 7.05 Å². The van der Waals surface area contributed by atoms with E-state index in [9.17, 15) is 4.79 Å². The number of aromatic nitrogens is 2. The first-order valence-corrected chi connectivity index (χ1v) is 5.12. The number of hydrogen-bond acceptors (Lipinski definition) is 2. The summed E-state index contributed by atoms with van der Waals surface area (Å²) in [7, 11) is 1.68. The molecule has 0 aliphatic heterocycles. The number of rotatable bonds is 0. The molecule has 78 valence electrons. The lowest BCUT2D eigenvalue weighted by atomic mass is 10.1. The van der Waals surface area contributed by atoms with E-state index in [0.29, 0.717) is 4.77 Å². The zero-order valence-electron chi connectivity index (χ0n) is 8.92. The Morgan fingerprint density at radius 1 is 1.33 bits per heavy atom. The van der Waals surface area contributed by atoms with Crippen molar-refractivity contribution in [3.63, 3.8) is 0 Å². The topological polar surface area (TPSA) is 37.8 Å². The van der Waals surface area contributed by atoms with Crippen LogP contribution < -0.4 is 5.56 Å². The zero-order valence-corrected chi connectivity index (χ0v) is 9.73. The molecule has 1 heterocycles. The number of aryl methyl sites for hydroxylation is 2. The van der Waals surface area contributed by atoms with E-state index in [4.69, 9.17) is 12.2 Å². The van der Waals surface area contributed by atoms with Crippen molar-refractivity contribution in [2.75, 3.05) is 0 Å². The summed E-state index contributed by atoms with van der Waals surface area (Å²) in [5, 5.41) is 0.719. The predicted molar refractivity (Wildman–Crippen MR) is 63.8 cm³/mol. The number of fused-ring (bicyclic) bond motifs is 1. The third-order valence-electron chi connectivity index (χ3n) is 2.54. The SMILES string of the molecule is Cc1cc(C)c2c(=O)n(C)c(=S)[nH]c2c1. The molecule has 1 aromatic heterocycles. The van der Waals surface area contributed by atoms with Crippen LogP contribution in [0.15, 0.2) is 16.9 Å². The highest BCUT2D eigenvalue weighted by Crippen LogP contribution is 2.14. The van der Waals surface area contributed by atoms with E-state index >= 15 is 0 Å². The lowest BCUT2D eigenvalue weighted by Gasteiger charge is -2.06. The molecule has 0 aliphatic carbocycles. The minimum Gasteiger partial charge on any atom is -0.332 e. The van der Waals surface area contributed by atoms with Gasteiger partial charge in [0.1, 0.15) is 0 Å². The molecule has 1 N–H and O–H groups in total. The second kappa shape index (κ2) is 3.31. The summed E-state index contributed by atoms with van der Waals surface area (Å²) in [6.07, 6.45) is 0. The van der Waals surface area contributed by atoms with Gasteiger partial charge in [0.2, 0.25) is 0 Å². The Bertz CT molecular complexity index is 652. The normalized spacial score (nSPS) is 10.9. The second-order valence-electron chi connectivity index (χ2n) is 3.80. The van der Waals surface area contributed by atoms with E-state index in [1.807, 2.05) is 26.0 Å². The zero-order chi connectivity index (χ0) is 11.2. The smallest absolute Gasteiger partial charge is 0.262 e. The molecule has 15 heavy (non-hydrogen) atoms. The highest BCUT2D eigenvalue weighted by molar-refractivity contribution is 7.71.